The molecular weight excluding hydrogens is 392 g/mol. The lowest BCUT2D eigenvalue weighted by atomic mass is 9.74. The number of ether oxygens (including phenoxy) is 2. The number of hydrogen-bond donors (Lipinski definition) is 0. The van der Waals surface area contributed by atoms with Gasteiger partial charge in [-0.2, -0.15) is 0 Å². The molecule has 0 aliphatic rings. The van der Waals surface area contributed by atoms with Gasteiger partial charge in [-0.1, -0.05) is 53.7 Å². The molecule has 0 aliphatic carbocycles. The van der Waals surface area contributed by atoms with Gasteiger partial charge in [-0.3, -0.25) is 0 Å². The second-order valence-corrected chi connectivity index (χ2v) is 10.5. The fourth-order valence-corrected chi connectivity index (χ4v) is 5.18. The third-order valence-electron chi connectivity index (χ3n) is 6.66. The zero-order valence-corrected chi connectivity index (χ0v) is 21.0. The van der Waals surface area contributed by atoms with E-state index in [-0.39, 0.29) is 16.8 Å². The first kappa shape index (κ1) is 24.5. The maximum absolute atomic E-state index is 12.2. The highest BCUT2D eigenvalue weighted by molar-refractivity contribution is 7.14. The van der Waals surface area contributed by atoms with Crippen molar-refractivity contribution in [3.05, 3.63) is 50.7 Å². The van der Waals surface area contributed by atoms with Gasteiger partial charge in [0.1, 0.15) is 10.6 Å². The van der Waals surface area contributed by atoms with Crippen molar-refractivity contribution < 1.29 is 14.3 Å². The maximum atomic E-state index is 12.2. The molecule has 0 fully saturated rings. The van der Waals surface area contributed by atoms with Gasteiger partial charge in [0.05, 0.1) is 13.7 Å². The Bertz CT molecular complexity index is 869. The molecule has 1 aromatic carbocycles. The molecule has 0 amide bonds. The van der Waals surface area contributed by atoms with Crippen LogP contribution in [0.2, 0.25) is 0 Å². The van der Waals surface area contributed by atoms with E-state index in [0.29, 0.717) is 17.4 Å². The number of carbonyl (C=O) groups is 1. The summed E-state index contributed by atoms with van der Waals surface area (Å²) >= 11 is 1.56. The Labute approximate surface area is 186 Å². The number of rotatable bonds is 8. The molecule has 3 nitrogen and oxygen atoms in total. The number of aryl methyl sites for hydroxylation is 2. The van der Waals surface area contributed by atoms with Crippen LogP contribution in [0.5, 0.6) is 5.75 Å². The van der Waals surface area contributed by atoms with Gasteiger partial charge in [0, 0.05) is 10.3 Å². The van der Waals surface area contributed by atoms with Crippen molar-refractivity contribution in [1.82, 2.24) is 0 Å². The van der Waals surface area contributed by atoms with Crippen LogP contribution < -0.4 is 4.74 Å². The molecule has 166 valence electrons. The topological polar surface area (TPSA) is 35.5 Å². The Hall–Kier alpha value is -1.81. The summed E-state index contributed by atoms with van der Waals surface area (Å²) < 4.78 is 11.2. The number of methoxy groups -OCH3 is 1. The summed E-state index contributed by atoms with van der Waals surface area (Å²) in [6.07, 6.45) is 1.93. The predicted molar refractivity (Wildman–Crippen MR) is 127 cm³/mol. The maximum Gasteiger partial charge on any atom is 0.348 e. The molecule has 1 atom stereocenters. The number of carbonyl (C=O) groups excluding carboxylic acids is 1. The van der Waals surface area contributed by atoms with Gasteiger partial charge in [0.25, 0.3) is 0 Å². The van der Waals surface area contributed by atoms with Crippen LogP contribution in [0.1, 0.15) is 85.6 Å². The molecule has 30 heavy (non-hydrogen) atoms. The monoisotopic (exact) mass is 430 g/mol. The molecule has 0 saturated heterocycles. The van der Waals surface area contributed by atoms with E-state index in [1.807, 2.05) is 6.92 Å². The van der Waals surface area contributed by atoms with E-state index in [9.17, 15) is 4.79 Å². The van der Waals surface area contributed by atoms with Crippen molar-refractivity contribution in [2.75, 3.05) is 13.7 Å². The first-order valence-corrected chi connectivity index (χ1v) is 11.7. The summed E-state index contributed by atoms with van der Waals surface area (Å²) in [5, 5.41) is 0. The lowest BCUT2D eigenvalue weighted by Crippen LogP contribution is -2.25. The minimum absolute atomic E-state index is 0.121. The SMILES string of the molecule is CCC(CC)(c1ccc(OCC(C)C(C)(C)C)c(C)c1)c1cc(C)c(C(=O)OC)s1. The van der Waals surface area contributed by atoms with Crippen LogP contribution in [0.25, 0.3) is 0 Å². The van der Waals surface area contributed by atoms with Gasteiger partial charge in [-0.05, 0) is 66.8 Å². The normalized spacial score (nSPS) is 13.2. The van der Waals surface area contributed by atoms with Crippen LogP contribution >= 0.6 is 11.3 Å². The van der Waals surface area contributed by atoms with E-state index in [0.717, 1.165) is 29.7 Å². The summed E-state index contributed by atoms with van der Waals surface area (Å²) in [5.74, 6) is 1.17. The lowest BCUT2D eigenvalue weighted by Gasteiger charge is -2.32. The molecule has 0 bridgehead atoms. The van der Waals surface area contributed by atoms with Gasteiger partial charge in [-0.25, -0.2) is 4.79 Å². The highest BCUT2D eigenvalue weighted by Crippen LogP contribution is 2.44. The molecule has 2 aromatic rings. The summed E-state index contributed by atoms with van der Waals surface area (Å²) in [6, 6.07) is 8.73. The smallest absolute Gasteiger partial charge is 0.348 e. The van der Waals surface area contributed by atoms with Gasteiger partial charge in [0.15, 0.2) is 0 Å². The third-order valence-corrected chi connectivity index (χ3v) is 8.08. The first-order chi connectivity index (χ1) is 14.0. The molecule has 0 spiro atoms. The van der Waals surface area contributed by atoms with Gasteiger partial charge in [0.2, 0.25) is 0 Å². The molecule has 4 heteroatoms. The molecule has 0 radical (unpaired) electrons. The number of esters is 1. The highest BCUT2D eigenvalue weighted by atomic mass is 32.1. The van der Waals surface area contributed by atoms with Crippen LogP contribution in [0, 0.1) is 25.2 Å². The summed E-state index contributed by atoms with van der Waals surface area (Å²) in [5.41, 5.74) is 3.52. The van der Waals surface area contributed by atoms with Crippen molar-refractivity contribution in [3.8, 4) is 5.75 Å². The zero-order chi connectivity index (χ0) is 22.7. The van der Waals surface area contributed by atoms with E-state index >= 15 is 0 Å². The lowest BCUT2D eigenvalue weighted by molar-refractivity contribution is 0.0605. The van der Waals surface area contributed by atoms with E-state index in [2.05, 4.69) is 72.7 Å². The summed E-state index contributed by atoms with van der Waals surface area (Å²) in [7, 11) is 1.44. The molecule has 0 saturated carbocycles. The second-order valence-electron chi connectivity index (χ2n) is 9.46. The van der Waals surface area contributed by atoms with E-state index in [1.54, 1.807) is 11.3 Å². The van der Waals surface area contributed by atoms with Crippen molar-refractivity contribution in [3.63, 3.8) is 0 Å². The predicted octanol–water partition coefficient (Wildman–Crippen LogP) is 7.32. The van der Waals surface area contributed by atoms with Crippen LogP contribution in [0.4, 0.5) is 0 Å². The Morgan fingerprint density at radius 2 is 1.70 bits per heavy atom. The number of benzene rings is 1. The van der Waals surface area contributed by atoms with Crippen LogP contribution in [0.15, 0.2) is 24.3 Å². The van der Waals surface area contributed by atoms with Crippen molar-refractivity contribution in [2.24, 2.45) is 11.3 Å². The Morgan fingerprint density at radius 3 is 2.20 bits per heavy atom. The Kier molecular flexibility index (Phi) is 7.79. The summed E-state index contributed by atoms with van der Waals surface area (Å²) in [6.45, 7) is 18.3. The quantitative estimate of drug-likeness (QED) is 0.412. The molecule has 0 aliphatic heterocycles. The number of thiophene rings is 1. The van der Waals surface area contributed by atoms with Crippen LogP contribution in [0.3, 0.4) is 0 Å². The minimum atomic E-state index is -0.252. The molecular formula is C26H38O3S. The first-order valence-electron chi connectivity index (χ1n) is 10.9. The van der Waals surface area contributed by atoms with E-state index < -0.39 is 0 Å². The third kappa shape index (κ3) is 4.91. The van der Waals surface area contributed by atoms with Crippen molar-refractivity contribution in [1.29, 1.82) is 0 Å². The average molecular weight is 431 g/mol. The Morgan fingerprint density at radius 1 is 1.07 bits per heavy atom. The van der Waals surface area contributed by atoms with Crippen molar-refractivity contribution in [2.45, 2.75) is 73.6 Å². The highest BCUT2D eigenvalue weighted by Gasteiger charge is 2.34. The molecule has 0 N–H and O–H groups in total. The van der Waals surface area contributed by atoms with E-state index in [4.69, 9.17) is 9.47 Å². The number of hydrogen-bond acceptors (Lipinski definition) is 4. The van der Waals surface area contributed by atoms with E-state index in [1.165, 1.54) is 17.6 Å². The van der Waals surface area contributed by atoms with Crippen molar-refractivity contribution >= 4 is 17.3 Å². The summed E-state index contributed by atoms with van der Waals surface area (Å²) in [4.78, 5) is 14.1. The standard InChI is InChI=1S/C26H38O3S/c1-10-26(11-2,22-15-18(4)23(30-22)24(27)28-9)20-12-13-21(17(3)14-20)29-16-19(5)25(6,7)8/h12-15,19H,10-11,16H2,1-9H3. The molecule has 1 heterocycles. The fourth-order valence-electron chi connectivity index (χ4n) is 3.74. The van der Waals surface area contributed by atoms with Gasteiger partial charge < -0.3 is 9.47 Å². The zero-order valence-electron chi connectivity index (χ0n) is 20.1. The molecule has 1 aromatic heterocycles. The molecule has 1 unspecified atom stereocenters. The van der Waals surface area contributed by atoms with Gasteiger partial charge >= 0.3 is 5.97 Å². The Balaban J connectivity index is 2.39. The van der Waals surface area contributed by atoms with Crippen LogP contribution in [-0.4, -0.2) is 19.7 Å². The average Bonchev–Trinajstić information content (AvgIpc) is 3.09. The fraction of sp³-hybridized carbons (Fsp3) is 0.577. The largest absolute Gasteiger partial charge is 0.493 e. The second kappa shape index (κ2) is 9.55. The van der Waals surface area contributed by atoms with Gasteiger partial charge in [-0.15, -0.1) is 11.3 Å². The van der Waals surface area contributed by atoms with Crippen LogP contribution in [-0.2, 0) is 10.2 Å². The minimum Gasteiger partial charge on any atom is -0.493 e. The molecule has 2 rings (SSSR count).